The van der Waals surface area contributed by atoms with Crippen molar-refractivity contribution in [3.05, 3.63) is 24.4 Å². The maximum absolute atomic E-state index is 11.3. The molecule has 16 heavy (non-hydrogen) atoms. The summed E-state index contributed by atoms with van der Waals surface area (Å²) in [4.78, 5) is 15.5. The number of carbonyl (C=O) groups is 1. The summed E-state index contributed by atoms with van der Waals surface area (Å²) in [5, 5.41) is 3.85. The number of amides is 1. The molecular weight excluding hydrogens is 240 g/mol. The van der Waals surface area contributed by atoms with Gasteiger partial charge in [0.15, 0.2) is 0 Å². The normalized spacial score (nSPS) is 10.4. The number of hydrogen-bond acceptors (Lipinski definition) is 4. The van der Waals surface area contributed by atoms with Crippen molar-refractivity contribution in [1.82, 2.24) is 10.3 Å². The molecule has 0 radical (unpaired) electrons. The van der Waals surface area contributed by atoms with Crippen molar-refractivity contribution in [2.45, 2.75) is 31.3 Å². The maximum atomic E-state index is 11.3. The van der Waals surface area contributed by atoms with Crippen LogP contribution >= 0.6 is 21.6 Å². The zero-order chi connectivity index (χ0) is 11.8. The van der Waals surface area contributed by atoms with Gasteiger partial charge in [0.2, 0.25) is 5.91 Å². The van der Waals surface area contributed by atoms with E-state index in [2.05, 4.69) is 10.3 Å². The van der Waals surface area contributed by atoms with Crippen LogP contribution in [0.4, 0.5) is 0 Å². The first-order chi connectivity index (χ1) is 7.68. The lowest BCUT2D eigenvalue weighted by Crippen LogP contribution is -2.30. The molecular formula is C11H16N2OS2. The molecule has 88 valence electrons. The summed E-state index contributed by atoms with van der Waals surface area (Å²) in [6.07, 6.45) is 2.33. The Balaban J connectivity index is 2.10. The summed E-state index contributed by atoms with van der Waals surface area (Å²) < 4.78 is 0. The second-order valence-electron chi connectivity index (χ2n) is 3.55. The lowest BCUT2D eigenvalue weighted by Gasteiger charge is -2.07. The largest absolute Gasteiger partial charge is 0.354 e. The summed E-state index contributed by atoms with van der Waals surface area (Å²) >= 11 is 0. The molecule has 5 heteroatoms. The number of hydrogen-bond donors (Lipinski definition) is 1. The highest BCUT2D eigenvalue weighted by Gasteiger charge is 2.03. The van der Waals surface area contributed by atoms with E-state index < -0.39 is 0 Å². The fraction of sp³-hybridized carbons (Fsp3) is 0.455. The van der Waals surface area contributed by atoms with Crippen LogP contribution in [0.15, 0.2) is 29.4 Å². The molecule has 1 rings (SSSR count). The number of rotatable bonds is 6. The third-order valence-corrected chi connectivity index (χ3v) is 3.91. The summed E-state index contributed by atoms with van der Waals surface area (Å²) in [5.41, 5.74) is 0. The molecule has 0 saturated carbocycles. The van der Waals surface area contributed by atoms with Gasteiger partial charge in [-0.15, -0.1) is 0 Å². The van der Waals surface area contributed by atoms with Gasteiger partial charge in [-0.05, 0) is 36.8 Å². The molecule has 0 aliphatic heterocycles. The minimum Gasteiger partial charge on any atom is -0.354 e. The number of nitrogens with one attached hydrogen (secondary N) is 1. The molecule has 3 nitrogen and oxygen atoms in total. The van der Waals surface area contributed by atoms with E-state index in [4.69, 9.17) is 0 Å². The lowest BCUT2D eigenvalue weighted by atomic mass is 10.3. The average molecular weight is 256 g/mol. The smallest absolute Gasteiger partial charge is 0.221 e. The van der Waals surface area contributed by atoms with Crippen molar-refractivity contribution in [3.63, 3.8) is 0 Å². The topological polar surface area (TPSA) is 42.0 Å². The van der Waals surface area contributed by atoms with Crippen LogP contribution in [-0.2, 0) is 4.79 Å². The molecule has 0 bridgehead atoms. The third kappa shape index (κ3) is 6.02. The highest BCUT2D eigenvalue weighted by molar-refractivity contribution is 8.76. The number of nitrogens with zero attached hydrogens (tertiary/aromatic N) is 1. The Kier molecular flexibility index (Phi) is 6.33. The fourth-order valence-corrected chi connectivity index (χ4v) is 2.90. The van der Waals surface area contributed by atoms with E-state index in [-0.39, 0.29) is 11.9 Å². The van der Waals surface area contributed by atoms with Crippen LogP contribution in [0.1, 0.15) is 20.3 Å². The zero-order valence-electron chi connectivity index (χ0n) is 9.47. The molecule has 1 aromatic rings. The van der Waals surface area contributed by atoms with Crippen LogP contribution in [0.5, 0.6) is 0 Å². The van der Waals surface area contributed by atoms with Crippen LogP contribution in [-0.4, -0.2) is 22.7 Å². The molecule has 0 aliphatic carbocycles. The number of carbonyl (C=O) groups excluding carboxylic acids is 1. The van der Waals surface area contributed by atoms with E-state index >= 15 is 0 Å². The Labute approximate surface area is 104 Å². The summed E-state index contributed by atoms with van der Waals surface area (Å²) in [5.74, 6) is 0.920. The molecule has 0 fully saturated rings. The Hall–Kier alpha value is -0.680. The first-order valence-corrected chi connectivity index (χ1v) is 7.50. The highest BCUT2D eigenvalue weighted by atomic mass is 33.1. The SMILES string of the molecule is CC(C)NC(=O)CCSSc1ccccn1. The summed E-state index contributed by atoms with van der Waals surface area (Å²) in [6.45, 7) is 3.93. The summed E-state index contributed by atoms with van der Waals surface area (Å²) in [7, 11) is 3.26. The van der Waals surface area contributed by atoms with Crippen LogP contribution in [0.3, 0.4) is 0 Å². The van der Waals surface area contributed by atoms with E-state index in [1.54, 1.807) is 27.8 Å². The van der Waals surface area contributed by atoms with E-state index in [1.165, 1.54) is 0 Å². The van der Waals surface area contributed by atoms with E-state index in [1.807, 2.05) is 32.0 Å². The van der Waals surface area contributed by atoms with Gasteiger partial charge in [0.1, 0.15) is 5.03 Å². The van der Waals surface area contributed by atoms with Crippen molar-refractivity contribution in [2.24, 2.45) is 0 Å². The van der Waals surface area contributed by atoms with E-state index in [0.717, 1.165) is 10.8 Å². The van der Waals surface area contributed by atoms with Crippen molar-refractivity contribution in [1.29, 1.82) is 0 Å². The van der Waals surface area contributed by atoms with Crippen molar-refractivity contribution < 1.29 is 4.79 Å². The second-order valence-corrected chi connectivity index (χ2v) is 5.98. The predicted molar refractivity (Wildman–Crippen MR) is 70.4 cm³/mol. The van der Waals surface area contributed by atoms with Crippen LogP contribution in [0.25, 0.3) is 0 Å². The van der Waals surface area contributed by atoms with E-state index in [0.29, 0.717) is 6.42 Å². The first-order valence-electron chi connectivity index (χ1n) is 5.18. The van der Waals surface area contributed by atoms with Crippen molar-refractivity contribution >= 4 is 27.5 Å². The quantitative estimate of drug-likeness (QED) is 0.628. The molecule has 1 N–H and O–H groups in total. The lowest BCUT2D eigenvalue weighted by molar-refractivity contribution is -0.121. The van der Waals surface area contributed by atoms with Crippen LogP contribution in [0, 0.1) is 0 Å². The van der Waals surface area contributed by atoms with Gasteiger partial charge in [0.05, 0.1) is 0 Å². The number of aromatic nitrogens is 1. The molecule has 0 atom stereocenters. The van der Waals surface area contributed by atoms with Crippen LogP contribution in [0.2, 0.25) is 0 Å². The Morgan fingerprint density at radius 2 is 2.31 bits per heavy atom. The highest BCUT2D eigenvalue weighted by Crippen LogP contribution is 2.29. The molecule has 0 aliphatic rings. The Morgan fingerprint density at radius 1 is 1.50 bits per heavy atom. The van der Waals surface area contributed by atoms with Gasteiger partial charge in [-0.25, -0.2) is 4.98 Å². The molecule has 0 spiro atoms. The van der Waals surface area contributed by atoms with Gasteiger partial charge >= 0.3 is 0 Å². The van der Waals surface area contributed by atoms with Gasteiger partial charge in [0, 0.05) is 24.4 Å². The van der Waals surface area contributed by atoms with Gasteiger partial charge in [-0.1, -0.05) is 16.9 Å². The average Bonchev–Trinajstić information content (AvgIpc) is 2.25. The first kappa shape index (κ1) is 13.4. The van der Waals surface area contributed by atoms with Crippen molar-refractivity contribution in [2.75, 3.05) is 5.75 Å². The van der Waals surface area contributed by atoms with Gasteiger partial charge in [0.25, 0.3) is 0 Å². The molecule has 0 aromatic carbocycles. The summed E-state index contributed by atoms with van der Waals surface area (Å²) in [6, 6.07) is 6.04. The standard InChI is InChI=1S/C11H16N2OS2/c1-9(2)13-10(14)6-8-15-16-11-5-3-4-7-12-11/h3-5,7,9H,6,8H2,1-2H3,(H,13,14). The molecule has 0 unspecified atom stereocenters. The molecule has 1 aromatic heterocycles. The fourth-order valence-electron chi connectivity index (χ4n) is 1.03. The molecule has 1 heterocycles. The second kappa shape index (κ2) is 7.57. The van der Waals surface area contributed by atoms with Crippen molar-refractivity contribution in [3.8, 4) is 0 Å². The van der Waals surface area contributed by atoms with Crippen LogP contribution < -0.4 is 5.32 Å². The zero-order valence-corrected chi connectivity index (χ0v) is 11.1. The predicted octanol–water partition coefficient (Wildman–Crippen LogP) is 2.74. The third-order valence-electron chi connectivity index (χ3n) is 1.64. The maximum Gasteiger partial charge on any atom is 0.221 e. The van der Waals surface area contributed by atoms with Gasteiger partial charge in [-0.2, -0.15) is 0 Å². The van der Waals surface area contributed by atoms with Gasteiger partial charge in [-0.3, -0.25) is 4.79 Å². The molecule has 1 amide bonds. The number of pyridine rings is 1. The van der Waals surface area contributed by atoms with Gasteiger partial charge < -0.3 is 5.32 Å². The molecule has 0 saturated heterocycles. The van der Waals surface area contributed by atoms with E-state index in [9.17, 15) is 4.79 Å². The minimum atomic E-state index is 0.115. The monoisotopic (exact) mass is 256 g/mol. The Morgan fingerprint density at radius 3 is 2.94 bits per heavy atom. The Bertz CT molecular complexity index is 317. The minimum absolute atomic E-state index is 0.115.